The van der Waals surface area contributed by atoms with Crippen LogP contribution in [0.4, 0.5) is 5.69 Å². The van der Waals surface area contributed by atoms with E-state index >= 15 is 0 Å². The van der Waals surface area contributed by atoms with Crippen molar-refractivity contribution in [3.05, 3.63) is 48.3 Å². The third kappa shape index (κ3) is 2.08. The summed E-state index contributed by atoms with van der Waals surface area (Å²) in [5.74, 6) is 0. The highest BCUT2D eigenvalue weighted by Crippen LogP contribution is 2.27. The third-order valence-electron chi connectivity index (χ3n) is 3.23. The maximum atomic E-state index is 5.81. The molecule has 19 heavy (non-hydrogen) atoms. The number of aromatic nitrogens is 2. The van der Waals surface area contributed by atoms with Crippen molar-refractivity contribution in [1.82, 2.24) is 9.38 Å². The van der Waals surface area contributed by atoms with Crippen LogP contribution >= 0.6 is 11.8 Å². The van der Waals surface area contributed by atoms with Crippen LogP contribution in [0.1, 0.15) is 5.69 Å². The Balaban J connectivity index is 2.21. The zero-order chi connectivity index (χ0) is 13.4. The number of hydrogen-bond acceptors (Lipinski definition) is 3. The Morgan fingerprint density at radius 2 is 2.05 bits per heavy atom. The summed E-state index contributed by atoms with van der Waals surface area (Å²) in [5.41, 5.74) is 10.7. The maximum Gasteiger partial charge on any atom is 0.139 e. The van der Waals surface area contributed by atoms with Gasteiger partial charge in [0.2, 0.25) is 0 Å². The van der Waals surface area contributed by atoms with Gasteiger partial charge >= 0.3 is 0 Å². The molecule has 96 valence electrons. The zero-order valence-corrected chi connectivity index (χ0v) is 11.7. The molecule has 3 nitrogen and oxygen atoms in total. The average molecular weight is 269 g/mol. The van der Waals surface area contributed by atoms with Gasteiger partial charge < -0.3 is 10.1 Å². The first-order chi connectivity index (χ1) is 9.19. The molecule has 0 aliphatic carbocycles. The van der Waals surface area contributed by atoms with Gasteiger partial charge in [-0.3, -0.25) is 0 Å². The van der Waals surface area contributed by atoms with E-state index in [1.165, 1.54) is 4.90 Å². The number of nitrogens with two attached hydrogens (primary N) is 1. The van der Waals surface area contributed by atoms with E-state index in [0.29, 0.717) is 0 Å². The van der Waals surface area contributed by atoms with Crippen LogP contribution in [0.5, 0.6) is 0 Å². The van der Waals surface area contributed by atoms with Crippen LogP contribution in [-0.4, -0.2) is 15.6 Å². The molecule has 4 heteroatoms. The summed E-state index contributed by atoms with van der Waals surface area (Å²) in [6.45, 7) is 2.08. The molecule has 0 aliphatic rings. The minimum absolute atomic E-state index is 0.738. The topological polar surface area (TPSA) is 43.3 Å². The highest BCUT2D eigenvalue weighted by molar-refractivity contribution is 7.98. The minimum atomic E-state index is 0.738. The first-order valence-corrected chi connectivity index (χ1v) is 7.30. The fourth-order valence-electron chi connectivity index (χ4n) is 2.23. The Bertz CT molecular complexity index is 746. The van der Waals surface area contributed by atoms with Gasteiger partial charge in [-0.25, -0.2) is 4.98 Å². The molecule has 2 heterocycles. The van der Waals surface area contributed by atoms with Crippen molar-refractivity contribution in [2.24, 2.45) is 0 Å². The second-order valence-corrected chi connectivity index (χ2v) is 5.35. The van der Waals surface area contributed by atoms with Crippen molar-refractivity contribution >= 4 is 23.1 Å². The predicted molar refractivity (Wildman–Crippen MR) is 81.6 cm³/mol. The summed E-state index contributed by atoms with van der Waals surface area (Å²) in [6.07, 6.45) is 4.05. The van der Waals surface area contributed by atoms with Gasteiger partial charge in [0.1, 0.15) is 5.65 Å². The van der Waals surface area contributed by atoms with Crippen molar-refractivity contribution in [2.45, 2.75) is 11.8 Å². The number of pyridine rings is 1. The molecule has 3 aromatic rings. The number of hydrogen-bond donors (Lipinski definition) is 1. The molecule has 0 unspecified atom stereocenters. The molecule has 0 saturated carbocycles. The quantitative estimate of drug-likeness (QED) is 0.723. The first-order valence-electron chi connectivity index (χ1n) is 6.07. The van der Waals surface area contributed by atoms with Crippen LogP contribution in [0.15, 0.2) is 47.5 Å². The number of nitrogens with zero attached hydrogens (tertiary/aromatic N) is 2. The van der Waals surface area contributed by atoms with Crippen LogP contribution in [0.3, 0.4) is 0 Å². The van der Waals surface area contributed by atoms with E-state index in [1.807, 2.05) is 18.3 Å². The van der Waals surface area contributed by atoms with E-state index in [1.54, 1.807) is 11.8 Å². The van der Waals surface area contributed by atoms with E-state index < -0.39 is 0 Å². The minimum Gasteiger partial charge on any atom is -0.399 e. The SMILES string of the molecule is CSc1cccc(-c2nc3cc(N)ccn3c2C)c1. The largest absolute Gasteiger partial charge is 0.399 e. The lowest BCUT2D eigenvalue weighted by atomic mass is 10.1. The zero-order valence-electron chi connectivity index (χ0n) is 10.9. The molecule has 0 atom stereocenters. The van der Waals surface area contributed by atoms with E-state index in [-0.39, 0.29) is 0 Å². The van der Waals surface area contributed by atoms with Gasteiger partial charge in [0.25, 0.3) is 0 Å². The van der Waals surface area contributed by atoms with Gasteiger partial charge in [-0.05, 0) is 31.4 Å². The summed E-state index contributed by atoms with van der Waals surface area (Å²) < 4.78 is 2.07. The van der Waals surface area contributed by atoms with Crippen molar-refractivity contribution in [1.29, 1.82) is 0 Å². The Hall–Kier alpha value is -1.94. The molecule has 0 bridgehead atoms. The Morgan fingerprint density at radius 1 is 1.21 bits per heavy atom. The molecule has 0 amide bonds. The smallest absolute Gasteiger partial charge is 0.139 e. The van der Waals surface area contributed by atoms with Crippen LogP contribution < -0.4 is 5.73 Å². The number of anilines is 1. The summed E-state index contributed by atoms with van der Waals surface area (Å²) >= 11 is 1.74. The lowest BCUT2D eigenvalue weighted by Crippen LogP contribution is -1.90. The number of nitrogen functional groups attached to an aromatic ring is 1. The summed E-state index contributed by atoms with van der Waals surface area (Å²) in [4.78, 5) is 5.94. The average Bonchev–Trinajstić information content (AvgIpc) is 2.75. The van der Waals surface area contributed by atoms with Crippen molar-refractivity contribution in [3.63, 3.8) is 0 Å². The van der Waals surface area contributed by atoms with Gasteiger partial charge in [0.05, 0.1) is 5.69 Å². The fourth-order valence-corrected chi connectivity index (χ4v) is 2.69. The van der Waals surface area contributed by atoms with E-state index in [2.05, 4.69) is 41.8 Å². The van der Waals surface area contributed by atoms with Gasteiger partial charge in [-0.2, -0.15) is 0 Å². The van der Waals surface area contributed by atoms with Gasteiger partial charge in [0, 0.05) is 34.1 Å². The number of fused-ring (bicyclic) bond motifs is 1. The van der Waals surface area contributed by atoms with Crippen LogP contribution in [-0.2, 0) is 0 Å². The second-order valence-electron chi connectivity index (χ2n) is 4.47. The van der Waals surface area contributed by atoms with Gasteiger partial charge in [-0.15, -0.1) is 11.8 Å². The molecule has 2 aromatic heterocycles. The molecule has 3 rings (SSSR count). The molecule has 2 N–H and O–H groups in total. The lowest BCUT2D eigenvalue weighted by Gasteiger charge is -2.02. The molecule has 0 fully saturated rings. The van der Waals surface area contributed by atoms with Crippen molar-refractivity contribution < 1.29 is 0 Å². The monoisotopic (exact) mass is 269 g/mol. The molecule has 0 radical (unpaired) electrons. The predicted octanol–water partition coefficient (Wildman–Crippen LogP) is 3.61. The summed E-state index contributed by atoms with van der Waals surface area (Å²) in [5, 5.41) is 0. The van der Waals surface area contributed by atoms with Crippen molar-refractivity contribution in [2.75, 3.05) is 12.0 Å². The molecular formula is C15H15N3S. The van der Waals surface area contributed by atoms with Gasteiger partial charge in [-0.1, -0.05) is 12.1 Å². The third-order valence-corrected chi connectivity index (χ3v) is 3.96. The fraction of sp³-hybridized carbons (Fsp3) is 0.133. The van der Waals surface area contributed by atoms with E-state index in [0.717, 1.165) is 28.3 Å². The van der Waals surface area contributed by atoms with Gasteiger partial charge in [0.15, 0.2) is 0 Å². The number of rotatable bonds is 2. The number of imidazole rings is 1. The molecule has 0 saturated heterocycles. The maximum absolute atomic E-state index is 5.81. The summed E-state index contributed by atoms with van der Waals surface area (Å²) in [7, 11) is 0. The van der Waals surface area contributed by atoms with E-state index in [9.17, 15) is 0 Å². The first kappa shape index (κ1) is 12.1. The molecular weight excluding hydrogens is 254 g/mol. The van der Waals surface area contributed by atoms with Crippen molar-refractivity contribution in [3.8, 4) is 11.3 Å². The highest BCUT2D eigenvalue weighted by Gasteiger charge is 2.10. The number of aryl methyl sites for hydroxylation is 1. The summed E-state index contributed by atoms with van der Waals surface area (Å²) in [6, 6.07) is 12.2. The molecule has 0 spiro atoms. The Labute approximate surface area is 116 Å². The molecule has 0 aliphatic heterocycles. The highest BCUT2D eigenvalue weighted by atomic mass is 32.2. The Kier molecular flexibility index (Phi) is 2.95. The standard InChI is InChI=1S/C15H15N3S/c1-10-15(11-4-3-5-13(8-11)19-2)17-14-9-12(16)6-7-18(10)14/h3-9H,16H2,1-2H3. The lowest BCUT2D eigenvalue weighted by molar-refractivity contribution is 1.11. The van der Waals surface area contributed by atoms with Crippen LogP contribution in [0.25, 0.3) is 16.9 Å². The van der Waals surface area contributed by atoms with Crippen LogP contribution in [0, 0.1) is 6.92 Å². The van der Waals surface area contributed by atoms with Crippen LogP contribution in [0.2, 0.25) is 0 Å². The number of thioether (sulfide) groups is 1. The second kappa shape index (κ2) is 4.63. The number of benzene rings is 1. The molecule has 1 aromatic carbocycles. The normalized spacial score (nSPS) is 11.1. The Morgan fingerprint density at radius 3 is 2.84 bits per heavy atom. The van der Waals surface area contributed by atoms with E-state index in [4.69, 9.17) is 10.7 Å².